The van der Waals surface area contributed by atoms with E-state index in [1.54, 1.807) is 0 Å². The van der Waals surface area contributed by atoms with Gasteiger partial charge in [-0.3, -0.25) is 9.59 Å². The summed E-state index contributed by atoms with van der Waals surface area (Å²) in [6, 6.07) is 4.34. The zero-order chi connectivity index (χ0) is 22.8. The first-order valence-electron chi connectivity index (χ1n) is 11.5. The number of rotatable bonds is 7. The molecule has 1 aromatic carbocycles. The van der Waals surface area contributed by atoms with Crippen molar-refractivity contribution in [3.05, 3.63) is 29.0 Å². The van der Waals surface area contributed by atoms with Crippen LogP contribution < -0.4 is 26.0 Å². The normalized spacial score (nSPS) is 31.7. The number of carbonyl (C=O) groups excluding carboxylic acids is 2. The first-order valence-corrected chi connectivity index (χ1v) is 11.9. The van der Waals surface area contributed by atoms with Crippen LogP contribution in [0.1, 0.15) is 51.9 Å². The lowest BCUT2D eigenvalue weighted by atomic mass is 9.61. The fraction of sp³-hybridized carbons (Fsp3) is 0.652. The quantitative estimate of drug-likeness (QED) is 0.495. The molecule has 2 amide bonds. The van der Waals surface area contributed by atoms with Gasteiger partial charge in [-0.25, -0.2) is 4.39 Å². The van der Waals surface area contributed by atoms with Crippen LogP contribution in [0.5, 0.6) is 5.75 Å². The average molecular weight is 467 g/mol. The van der Waals surface area contributed by atoms with Gasteiger partial charge in [0.15, 0.2) is 6.61 Å². The van der Waals surface area contributed by atoms with Gasteiger partial charge in [0.25, 0.3) is 5.91 Å². The van der Waals surface area contributed by atoms with E-state index in [1.165, 1.54) is 18.2 Å². The molecule has 9 heteroatoms. The second kappa shape index (κ2) is 9.53. The number of hydrogen-bond donors (Lipinski definition) is 4. The third-order valence-corrected chi connectivity index (χ3v) is 7.64. The van der Waals surface area contributed by atoms with Gasteiger partial charge in [0.05, 0.1) is 11.1 Å². The maximum atomic E-state index is 13.5. The fourth-order valence-corrected chi connectivity index (χ4v) is 5.26. The van der Waals surface area contributed by atoms with Gasteiger partial charge < -0.3 is 26.0 Å². The van der Waals surface area contributed by atoms with Crippen molar-refractivity contribution in [1.82, 2.24) is 21.3 Å². The van der Waals surface area contributed by atoms with Gasteiger partial charge in [-0.2, -0.15) is 0 Å². The van der Waals surface area contributed by atoms with Crippen LogP contribution in [0.4, 0.5) is 4.39 Å². The van der Waals surface area contributed by atoms with Crippen molar-refractivity contribution < 1.29 is 18.7 Å². The Morgan fingerprint density at radius 3 is 2.31 bits per heavy atom. The number of nitrogens with one attached hydrogen (secondary N) is 4. The molecule has 3 aliphatic carbocycles. The molecule has 2 unspecified atom stereocenters. The smallest absolute Gasteiger partial charge is 0.258 e. The molecule has 0 spiro atoms. The number of carbonyl (C=O) groups is 2. The Bertz CT molecular complexity index is 835. The lowest BCUT2D eigenvalue weighted by Gasteiger charge is -2.54. The summed E-state index contributed by atoms with van der Waals surface area (Å²) in [6.45, 7) is 3.42. The van der Waals surface area contributed by atoms with Gasteiger partial charge in [0.1, 0.15) is 11.6 Å². The Morgan fingerprint density at radius 2 is 1.75 bits per heavy atom. The van der Waals surface area contributed by atoms with E-state index in [0.29, 0.717) is 12.6 Å². The van der Waals surface area contributed by atoms with E-state index in [0.717, 1.165) is 51.5 Å². The molecule has 4 fully saturated rings. The van der Waals surface area contributed by atoms with Crippen molar-refractivity contribution >= 4 is 23.4 Å². The summed E-state index contributed by atoms with van der Waals surface area (Å²) >= 11 is 5.67. The second-order valence-electron chi connectivity index (χ2n) is 9.44. The highest BCUT2D eigenvalue weighted by molar-refractivity contribution is 6.30. The molecule has 3 saturated carbocycles. The predicted octanol–water partition coefficient (Wildman–Crippen LogP) is 2.28. The van der Waals surface area contributed by atoms with E-state index in [-0.39, 0.29) is 46.3 Å². The maximum absolute atomic E-state index is 13.5. The van der Waals surface area contributed by atoms with Crippen molar-refractivity contribution in [2.75, 3.05) is 19.7 Å². The topological polar surface area (TPSA) is 91.5 Å². The summed E-state index contributed by atoms with van der Waals surface area (Å²) in [5, 5.41) is 13.3. The van der Waals surface area contributed by atoms with E-state index >= 15 is 0 Å². The molecule has 0 aromatic heterocycles. The number of halogens is 2. The van der Waals surface area contributed by atoms with Gasteiger partial charge in [-0.1, -0.05) is 18.5 Å². The minimum Gasteiger partial charge on any atom is -0.484 e. The van der Waals surface area contributed by atoms with Gasteiger partial charge in [-0.05, 0) is 57.1 Å². The monoisotopic (exact) mass is 466 g/mol. The summed E-state index contributed by atoms with van der Waals surface area (Å²) in [6.07, 6.45) is 6.05. The summed E-state index contributed by atoms with van der Waals surface area (Å²) in [5.74, 6) is -0.467. The van der Waals surface area contributed by atoms with E-state index in [9.17, 15) is 14.0 Å². The first kappa shape index (κ1) is 23.3. The summed E-state index contributed by atoms with van der Waals surface area (Å²) in [7, 11) is 0. The van der Waals surface area contributed by atoms with Crippen LogP contribution in [0, 0.1) is 5.82 Å². The minimum absolute atomic E-state index is 0.0151. The Labute approximate surface area is 193 Å². The Balaban J connectivity index is 1.24. The molecule has 1 saturated heterocycles. The first-order chi connectivity index (χ1) is 15.3. The number of piperazine rings is 1. The number of amides is 2. The van der Waals surface area contributed by atoms with Crippen LogP contribution in [0.25, 0.3) is 0 Å². The molecule has 1 aliphatic heterocycles. The van der Waals surface area contributed by atoms with Crippen LogP contribution in [0.15, 0.2) is 18.2 Å². The molecular weight excluding hydrogens is 435 g/mol. The van der Waals surface area contributed by atoms with E-state index < -0.39 is 5.82 Å². The molecule has 32 heavy (non-hydrogen) atoms. The van der Waals surface area contributed by atoms with Crippen LogP contribution in [-0.2, 0) is 9.59 Å². The zero-order valence-electron chi connectivity index (χ0n) is 18.4. The molecule has 5 rings (SSSR count). The summed E-state index contributed by atoms with van der Waals surface area (Å²) in [5.41, 5.74) is -0.429. The lowest BCUT2D eigenvalue weighted by Crippen LogP contribution is -2.67. The SMILES string of the molecule is CCC1CNC(C(=O)NC23CCC(NC(=O)COc4ccc(Cl)c(F)c4)(CC2)CC3)CN1. The van der Waals surface area contributed by atoms with Crippen LogP contribution in [-0.4, -0.2) is 54.7 Å². The molecule has 1 heterocycles. The van der Waals surface area contributed by atoms with E-state index in [2.05, 4.69) is 28.2 Å². The Morgan fingerprint density at radius 1 is 1.09 bits per heavy atom. The van der Waals surface area contributed by atoms with E-state index in [4.69, 9.17) is 16.3 Å². The summed E-state index contributed by atoms with van der Waals surface area (Å²) < 4.78 is 18.9. The van der Waals surface area contributed by atoms with Crippen LogP contribution >= 0.6 is 11.6 Å². The molecular formula is C23H32ClFN4O3. The number of ether oxygens (including phenoxy) is 1. The molecule has 176 valence electrons. The second-order valence-corrected chi connectivity index (χ2v) is 9.84. The third-order valence-electron chi connectivity index (χ3n) is 7.33. The molecule has 4 N–H and O–H groups in total. The molecule has 2 atom stereocenters. The van der Waals surface area contributed by atoms with Crippen LogP contribution in [0.2, 0.25) is 5.02 Å². The van der Waals surface area contributed by atoms with E-state index in [1.807, 2.05) is 0 Å². The number of fused-ring (bicyclic) bond motifs is 3. The highest BCUT2D eigenvalue weighted by atomic mass is 35.5. The number of benzene rings is 1. The van der Waals surface area contributed by atoms with Crippen LogP contribution in [0.3, 0.4) is 0 Å². The Kier molecular flexibility index (Phi) is 6.93. The highest BCUT2D eigenvalue weighted by Gasteiger charge is 2.50. The predicted molar refractivity (Wildman–Crippen MR) is 120 cm³/mol. The Hall–Kier alpha value is -1.90. The molecule has 2 bridgehead atoms. The number of hydrogen-bond acceptors (Lipinski definition) is 5. The molecule has 0 radical (unpaired) electrons. The van der Waals surface area contributed by atoms with Crippen molar-refractivity contribution in [2.45, 2.75) is 75.0 Å². The van der Waals surface area contributed by atoms with Crippen molar-refractivity contribution in [3.8, 4) is 5.75 Å². The third kappa shape index (κ3) is 5.18. The summed E-state index contributed by atoms with van der Waals surface area (Å²) in [4.78, 5) is 25.3. The zero-order valence-corrected chi connectivity index (χ0v) is 19.2. The van der Waals surface area contributed by atoms with Gasteiger partial charge >= 0.3 is 0 Å². The molecule has 7 nitrogen and oxygen atoms in total. The van der Waals surface area contributed by atoms with Crippen molar-refractivity contribution in [3.63, 3.8) is 0 Å². The largest absolute Gasteiger partial charge is 0.484 e. The molecule has 4 aliphatic rings. The van der Waals surface area contributed by atoms with Gasteiger partial charge in [-0.15, -0.1) is 0 Å². The fourth-order valence-electron chi connectivity index (χ4n) is 5.14. The maximum Gasteiger partial charge on any atom is 0.258 e. The van der Waals surface area contributed by atoms with Gasteiger partial charge in [0.2, 0.25) is 5.91 Å². The van der Waals surface area contributed by atoms with Crippen molar-refractivity contribution in [2.24, 2.45) is 0 Å². The molecule has 1 aromatic rings. The standard InChI is InChI=1S/C23H32ClFN4O3/c1-2-15-12-27-19(13-26-15)21(31)29-23-8-5-22(6-9-23,7-10-23)28-20(30)14-32-16-3-4-17(24)18(25)11-16/h3-4,11,15,19,26-27H,2,5-10,12-14H2,1H3,(H,28,30)(H,29,31). The highest BCUT2D eigenvalue weighted by Crippen LogP contribution is 2.46. The average Bonchev–Trinajstić information content (AvgIpc) is 2.81. The lowest BCUT2D eigenvalue weighted by molar-refractivity contribution is -0.130. The van der Waals surface area contributed by atoms with Gasteiger partial charge in [0, 0.05) is 36.3 Å². The van der Waals surface area contributed by atoms with Crippen molar-refractivity contribution in [1.29, 1.82) is 0 Å². The minimum atomic E-state index is -0.578.